The Hall–Kier alpha value is -2.67. The molecule has 7 heteroatoms. The number of carbonyl (C=O) groups is 2. The molecule has 2 aromatic rings. The lowest BCUT2D eigenvalue weighted by Gasteiger charge is -2.37. The van der Waals surface area contributed by atoms with Crippen LogP contribution in [0.2, 0.25) is 0 Å². The summed E-state index contributed by atoms with van der Waals surface area (Å²) < 4.78 is 0. The van der Waals surface area contributed by atoms with Gasteiger partial charge in [0.15, 0.2) is 5.96 Å². The second-order valence-corrected chi connectivity index (χ2v) is 9.18. The molecule has 1 aliphatic heterocycles. The van der Waals surface area contributed by atoms with Crippen LogP contribution in [-0.2, 0) is 11.3 Å². The summed E-state index contributed by atoms with van der Waals surface area (Å²) in [5.74, 6) is 0.299. The van der Waals surface area contributed by atoms with E-state index in [-0.39, 0.29) is 29.7 Å². The average Bonchev–Trinajstić information content (AvgIpc) is 3.14. The van der Waals surface area contributed by atoms with Crippen molar-refractivity contribution in [3.05, 3.63) is 57.8 Å². The molecule has 3 rings (SSSR count). The third-order valence-electron chi connectivity index (χ3n) is 5.55. The first-order valence-electron chi connectivity index (χ1n) is 9.80. The van der Waals surface area contributed by atoms with Gasteiger partial charge in [0, 0.05) is 4.88 Å². The van der Waals surface area contributed by atoms with Crippen LogP contribution in [0.25, 0.3) is 0 Å². The largest absolute Gasteiger partial charge is 0.369 e. The van der Waals surface area contributed by atoms with Crippen LogP contribution in [0.1, 0.15) is 60.3 Å². The normalized spacial score (nSPS) is 20.5. The van der Waals surface area contributed by atoms with E-state index in [1.165, 1.54) is 16.2 Å². The van der Waals surface area contributed by atoms with E-state index in [2.05, 4.69) is 10.3 Å². The Labute approximate surface area is 175 Å². The quantitative estimate of drug-likeness (QED) is 0.758. The van der Waals surface area contributed by atoms with Crippen LogP contribution in [0.15, 0.2) is 47.5 Å². The Morgan fingerprint density at radius 3 is 2.55 bits per heavy atom. The molecule has 29 heavy (non-hydrogen) atoms. The first-order valence-corrected chi connectivity index (χ1v) is 10.6. The summed E-state index contributed by atoms with van der Waals surface area (Å²) >= 11 is 1.37. The van der Waals surface area contributed by atoms with Crippen molar-refractivity contribution in [1.82, 2.24) is 10.2 Å². The highest BCUT2D eigenvalue weighted by Crippen LogP contribution is 2.31. The molecule has 6 nitrogen and oxygen atoms in total. The fourth-order valence-corrected chi connectivity index (χ4v) is 4.13. The van der Waals surface area contributed by atoms with Crippen molar-refractivity contribution < 1.29 is 9.59 Å². The van der Waals surface area contributed by atoms with E-state index in [4.69, 9.17) is 5.73 Å². The number of aliphatic imine (C=N–C) groups is 1. The molecule has 0 saturated heterocycles. The molecule has 3 N–H and O–H groups in total. The molecule has 2 unspecified atom stereocenters. The van der Waals surface area contributed by atoms with Gasteiger partial charge in [0.2, 0.25) is 5.91 Å². The molecule has 154 valence electrons. The number of guanidine groups is 1. The highest BCUT2D eigenvalue weighted by molar-refractivity contribution is 7.14. The van der Waals surface area contributed by atoms with E-state index in [0.29, 0.717) is 17.8 Å². The number of nitrogens with one attached hydrogen (secondary N) is 1. The second-order valence-electron chi connectivity index (χ2n) is 8.01. The van der Waals surface area contributed by atoms with Crippen LogP contribution < -0.4 is 11.1 Å². The van der Waals surface area contributed by atoms with Gasteiger partial charge in [0.1, 0.15) is 0 Å². The molecule has 2 atom stereocenters. The Balaban J connectivity index is 1.67. The predicted molar refractivity (Wildman–Crippen MR) is 117 cm³/mol. The van der Waals surface area contributed by atoms with E-state index in [9.17, 15) is 9.59 Å². The van der Waals surface area contributed by atoms with Gasteiger partial charge in [-0.1, -0.05) is 44.2 Å². The van der Waals surface area contributed by atoms with Gasteiger partial charge in [-0.05, 0) is 37.5 Å². The van der Waals surface area contributed by atoms with Crippen LogP contribution in [0.5, 0.6) is 0 Å². The number of rotatable bonds is 6. The molecule has 0 radical (unpaired) electrons. The maximum absolute atomic E-state index is 12.7. The number of thiophene rings is 1. The number of nitrogens with zero attached hydrogens (tertiary/aromatic N) is 2. The topological polar surface area (TPSA) is 87.8 Å². The van der Waals surface area contributed by atoms with Crippen LogP contribution in [0, 0.1) is 5.92 Å². The molecule has 0 spiro atoms. The Morgan fingerprint density at radius 2 is 1.93 bits per heavy atom. The van der Waals surface area contributed by atoms with Gasteiger partial charge >= 0.3 is 0 Å². The zero-order valence-corrected chi connectivity index (χ0v) is 18.1. The van der Waals surface area contributed by atoms with E-state index in [0.717, 1.165) is 10.4 Å². The van der Waals surface area contributed by atoms with Gasteiger partial charge in [-0.3, -0.25) is 14.5 Å². The van der Waals surface area contributed by atoms with E-state index in [1.807, 2.05) is 64.1 Å². The number of hydrogen-bond donors (Lipinski definition) is 2. The van der Waals surface area contributed by atoms with Gasteiger partial charge in [-0.25, -0.2) is 4.99 Å². The van der Waals surface area contributed by atoms with Crippen molar-refractivity contribution in [3.63, 3.8) is 0 Å². The summed E-state index contributed by atoms with van der Waals surface area (Å²) in [5.41, 5.74) is 6.69. The zero-order valence-electron chi connectivity index (χ0n) is 17.3. The monoisotopic (exact) mass is 412 g/mol. The van der Waals surface area contributed by atoms with Crippen LogP contribution in [0.4, 0.5) is 0 Å². The third-order valence-corrected chi connectivity index (χ3v) is 6.62. The fourth-order valence-electron chi connectivity index (χ4n) is 3.23. The lowest BCUT2D eigenvalue weighted by Crippen LogP contribution is -2.51. The molecule has 1 aromatic carbocycles. The molecular weight excluding hydrogens is 384 g/mol. The Kier molecular flexibility index (Phi) is 6.07. The molecule has 1 aromatic heterocycles. The summed E-state index contributed by atoms with van der Waals surface area (Å²) in [7, 11) is 0. The summed E-state index contributed by atoms with van der Waals surface area (Å²) in [6, 6.07) is 13.4. The van der Waals surface area contributed by atoms with Gasteiger partial charge in [0.05, 0.1) is 29.4 Å². The standard InChI is InChI=1S/C22H28N4O2S/c1-14(2)22(4)12-19(27)26(21(23)25-22)13-17-10-11-18(29-17)20(28)24-15(3)16-8-6-5-7-9-16/h5-11,14-15H,12-13H2,1-4H3,(H2,23,25)(H,24,28). The van der Waals surface area contributed by atoms with Crippen molar-refractivity contribution >= 4 is 29.1 Å². The summed E-state index contributed by atoms with van der Waals surface area (Å²) in [4.78, 5) is 32.8. The lowest BCUT2D eigenvalue weighted by atomic mass is 9.84. The van der Waals surface area contributed by atoms with Crippen LogP contribution in [-0.4, -0.2) is 28.2 Å². The van der Waals surface area contributed by atoms with Crippen molar-refractivity contribution in [2.45, 2.75) is 52.2 Å². The lowest BCUT2D eigenvalue weighted by molar-refractivity contribution is -0.130. The number of benzene rings is 1. The smallest absolute Gasteiger partial charge is 0.261 e. The van der Waals surface area contributed by atoms with Crippen molar-refractivity contribution in [2.24, 2.45) is 16.6 Å². The maximum atomic E-state index is 12.7. The molecule has 1 aliphatic rings. The molecule has 0 fully saturated rings. The molecule has 0 saturated carbocycles. The third kappa shape index (κ3) is 4.67. The molecule has 2 heterocycles. The summed E-state index contributed by atoms with van der Waals surface area (Å²) in [6.45, 7) is 8.33. The second kappa shape index (κ2) is 8.37. The zero-order chi connectivity index (χ0) is 21.2. The predicted octanol–water partition coefficient (Wildman–Crippen LogP) is 3.70. The number of amides is 2. The molecular formula is C22H28N4O2S. The number of hydrogen-bond acceptors (Lipinski definition) is 5. The van der Waals surface area contributed by atoms with Crippen molar-refractivity contribution in [1.29, 1.82) is 0 Å². The molecule has 2 amide bonds. The summed E-state index contributed by atoms with van der Waals surface area (Å²) in [5, 5.41) is 3.01. The molecule has 0 bridgehead atoms. The number of nitrogens with two attached hydrogens (primary N) is 1. The average molecular weight is 413 g/mol. The first kappa shape index (κ1) is 21.0. The highest BCUT2D eigenvalue weighted by atomic mass is 32.1. The van der Waals surface area contributed by atoms with E-state index in [1.54, 1.807) is 6.07 Å². The van der Waals surface area contributed by atoms with Crippen molar-refractivity contribution in [3.8, 4) is 0 Å². The fraction of sp³-hybridized carbons (Fsp3) is 0.409. The maximum Gasteiger partial charge on any atom is 0.261 e. The van der Waals surface area contributed by atoms with Crippen molar-refractivity contribution in [2.75, 3.05) is 0 Å². The van der Waals surface area contributed by atoms with Gasteiger partial charge in [0.25, 0.3) is 5.91 Å². The first-order chi connectivity index (χ1) is 13.7. The number of carbonyl (C=O) groups excluding carboxylic acids is 2. The Morgan fingerprint density at radius 1 is 1.24 bits per heavy atom. The molecule has 0 aliphatic carbocycles. The van der Waals surface area contributed by atoms with Crippen LogP contribution >= 0.6 is 11.3 Å². The minimum Gasteiger partial charge on any atom is -0.369 e. The Bertz CT molecular complexity index is 922. The van der Waals surface area contributed by atoms with E-state index < -0.39 is 5.54 Å². The highest BCUT2D eigenvalue weighted by Gasteiger charge is 2.38. The SMILES string of the molecule is CC(NC(=O)c1ccc(CN2C(=O)CC(C)(C(C)C)N=C2N)s1)c1ccccc1. The summed E-state index contributed by atoms with van der Waals surface area (Å²) in [6.07, 6.45) is 0.332. The van der Waals surface area contributed by atoms with Crippen LogP contribution in [0.3, 0.4) is 0 Å². The minimum atomic E-state index is -0.467. The van der Waals surface area contributed by atoms with Gasteiger partial charge < -0.3 is 11.1 Å². The van der Waals surface area contributed by atoms with E-state index >= 15 is 0 Å². The minimum absolute atomic E-state index is 0.0363. The van der Waals surface area contributed by atoms with Gasteiger partial charge in [-0.2, -0.15) is 0 Å². The van der Waals surface area contributed by atoms with Gasteiger partial charge in [-0.15, -0.1) is 11.3 Å².